The van der Waals surface area contributed by atoms with E-state index >= 15 is 0 Å². The van der Waals surface area contributed by atoms with E-state index in [0.29, 0.717) is 12.1 Å². The molecule has 0 saturated heterocycles. The Balaban J connectivity index is 2.15. The molecule has 0 N–H and O–H groups in total. The zero-order chi connectivity index (χ0) is 14.5. The van der Waals surface area contributed by atoms with Gasteiger partial charge in [0.25, 0.3) is 5.69 Å². The molecule has 6 nitrogen and oxygen atoms in total. The van der Waals surface area contributed by atoms with Crippen molar-refractivity contribution in [2.45, 2.75) is 26.3 Å². The molecule has 2 rings (SSSR count). The quantitative estimate of drug-likeness (QED) is 0.352. The molecule has 0 radical (unpaired) electrons. The van der Waals surface area contributed by atoms with Crippen LogP contribution in [0.3, 0.4) is 0 Å². The van der Waals surface area contributed by atoms with Gasteiger partial charge < -0.3 is 9.30 Å². The molecule has 0 aliphatic heterocycles. The molecule has 0 amide bonds. The summed E-state index contributed by atoms with van der Waals surface area (Å²) in [6.45, 7) is 2.50. The topological polar surface area (TPSA) is 74.4 Å². The molecule has 0 atom stereocenters. The van der Waals surface area contributed by atoms with Gasteiger partial charge >= 0.3 is 5.97 Å². The zero-order valence-corrected chi connectivity index (χ0v) is 11.2. The highest BCUT2D eigenvalue weighted by molar-refractivity contribution is 5.84. The first-order valence-electron chi connectivity index (χ1n) is 6.50. The Morgan fingerprint density at radius 2 is 2.20 bits per heavy atom. The second-order valence-electron chi connectivity index (χ2n) is 4.52. The number of nitrogens with zero attached hydrogens (tertiary/aromatic N) is 2. The van der Waals surface area contributed by atoms with Gasteiger partial charge in [0.15, 0.2) is 0 Å². The van der Waals surface area contributed by atoms with Crippen LogP contribution in [-0.4, -0.2) is 22.1 Å². The number of non-ortho nitro benzene ring substituents is 1. The second-order valence-corrected chi connectivity index (χ2v) is 4.52. The van der Waals surface area contributed by atoms with Crippen LogP contribution in [0.2, 0.25) is 0 Å². The molecule has 0 aliphatic carbocycles. The van der Waals surface area contributed by atoms with Crippen molar-refractivity contribution < 1.29 is 14.5 Å². The minimum absolute atomic E-state index is 0.0109. The Labute approximate surface area is 116 Å². The van der Waals surface area contributed by atoms with Crippen LogP contribution in [0.15, 0.2) is 30.5 Å². The summed E-state index contributed by atoms with van der Waals surface area (Å²) in [6.07, 6.45) is 3.53. The number of nitro benzene ring substituents is 1. The van der Waals surface area contributed by atoms with Crippen LogP contribution in [0.4, 0.5) is 5.69 Å². The average molecular weight is 276 g/mol. The molecule has 0 spiro atoms. The Bertz CT molecular complexity index is 633. The maximum atomic E-state index is 11.7. The molecular weight excluding hydrogens is 260 g/mol. The highest BCUT2D eigenvalue weighted by Crippen LogP contribution is 2.21. The third-order valence-corrected chi connectivity index (χ3v) is 3.03. The van der Waals surface area contributed by atoms with E-state index in [-0.39, 0.29) is 18.2 Å². The van der Waals surface area contributed by atoms with Gasteiger partial charge in [0.2, 0.25) is 0 Å². The molecule has 0 unspecified atom stereocenters. The standard InChI is InChI=1S/C14H16N2O4/c1-2-3-8-20-14(17)10-15-7-6-11-4-5-12(16(18)19)9-13(11)15/h4-7,9H,2-3,8,10H2,1H3. The molecule has 106 valence electrons. The van der Waals surface area contributed by atoms with Gasteiger partial charge in [-0.2, -0.15) is 0 Å². The zero-order valence-electron chi connectivity index (χ0n) is 11.2. The van der Waals surface area contributed by atoms with Crippen molar-refractivity contribution in [3.8, 4) is 0 Å². The van der Waals surface area contributed by atoms with Gasteiger partial charge in [-0.05, 0) is 18.6 Å². The highest BCUT2D eigenvalue weighted by atomic mass is 16.6. The SMILES string of the molecule is CCCCOC(=O)Cn1ccc2ccc([N+](=O)[O-])cc21. The van der Waals surface area contributed by atoms with Gasteiger partial charge in [-0.1, -0.05) is 13.3 Å². The lowest BCUT2D eigenvalue weighted by molar-refractivity contribution is -0.384. The molecular formula is C14H16N2O4. The molecule has 1 aromatic carbocycles. The fourth-order valence-electron chi connectivity index (χ4n) is 1.94. The number of ether oxygens (including phenoxy) is 1. The lowest BCUT2D eigenvalue weighted by Gasteiger charge is -2.06. The van der Waals surface area contributed by atoms with Crippen LogP contribution in [0.1, 0.15) is 19.8 Å². The van der Waals surface area contributed by atoms with Crippen LogP contribution in [0, 0.1) is 10.1 Å². The van der Waals surface area contributed by atoms with Gasteiger partial charge in [0.1, 0.15) is 6.54 Å². The van der Waals surface area contributed by atoms with Crippen molar-refractivity contribution in [3.05, 3.63) is 40.6 Å². The monoisotopic (exact) mass is 276 g/mol. The van der Waals surface area contributed by atoms with E-state index in [4.69, 9.17) is 4.74 Å². The summed E-state index contributed by atoms with van der Waals surface area (Å²) in [5.41, 5.74) is 0.670. The molecule has 0 bridgehead atoms. The first-order valence-corrected chi connectivity index (χ1v) is 6.50. The number of hydrogen-bond acceptors (Lipinski definition) is 4. The summed E-state index contributed by atoms with van der Waals surface area (Å²) in [6, 6.07) is 6.41. The number of esters is 1. The van der Waals surface area contributed by atoms with Crippen molar-refractivity contribution in [2.24, 2.45) is 0 Å². The van der Waals surface area contributed by atoms with Crippen molar-refractivity contribution in [2.75, 3.05) is 6.61 Å². The van der Waals surface area contributed by atoms with Crippen LogP contribution < -0.4 is 0 Å². The largest absolute Gasteiger partial charge is 0.464 e. The average Bonchev–Trinajstić information content (AvgIpc) is 2.81. The lowest BCUT2D eigenvalue weighted by Crippen LogP contribution is -2.13. The Kier molecular flexibility index (Phi) is 4.34. The van der Waals surface area contributed by atoms with E-state index in [2.05, 4.69) is 0 Å². The Morgan fingerprint density at radius 3 is 2.90 bits per heavy atom. The van der Waals surface area contributed by atoms with Crippen LogP contribution >= 0.6 is 0 Å². The predicted octanol–water partition coefficient (Wildman–Crippen LogP) is 2.89. The third kappa shape index (κ3) is 3.14. The fourth-order valence-corrected chi connectivity index (χ4v) is 1.94. The molecule has 2 aromatic rings. The summed E-state index contributed by atoms with van der Waals surface area (Å²) in [5, 5.41) is 11.6. The number of carbonyl (C=O) groups is 1. The van der Waals surface area contributed by atoms with Crippen molar-refractivity contribution >= 4 is 22.6 Å². The Morgan fingerprint density at radius 1 is 1.40 bits per heavy atom. The minimum Gasteiger partial charge on any atom is -0.464 e. The van der Waals surface area contributed by atoms with Crippen LogP contribution in [0.5, 0.6) is 0 Å². The van der Waals surface area contributed by atoms with Crippen LogP contribution in [-0.2, 0) is 16.1 Å². The predicted molar refractivity (Wildman–Crippen MR) is 74.5 cm³/mol. The number of nitro groups is 1. The molecule has 1 aromatic heterocycles. The van der Waals surface area contributed by atoms with Crippen LogP contribution in [0.25, 0.3) is 10.9 Å². The number of fused-ring (bicyclic) bond motifs is 1. The molecule has 20 heavy (non-hydrogen) atoms. The van der Waals surface area contributed by atoms with E-state index < -0.39 is 4.92 Å². The first kappa shape index (κ1) is 14.0. The Hall–Kier alpha value is -2.37. The van der Waals surface area contributed by atoms with E-state index in [0.717, 1.165) is 18.2 Å². The summed E-state index contributed by atoms with van der Waals surface area (Å²) >= 11 is 0. The maximum Gasteiger partial charge on any atom is 0.325 e. The molecule has 0 fully saturated rings. The number of rotatable bonds is 6. The summed E-state index contributed by atoms with van der Waals surface area (Å²) in [4.78, 5) is 22.0. The maximum absolute atomic E-state index is 11.7. The third-order valence-electron chi connectivity index (χ3n) is 3.03. The number of hydrogen-bond donors (Lipinski definition) is 0. The van der Waals surface area contributed by atoms with E-state index in [1.165, 1.54) is 12.1 Å². The second kappa shape index (κ2) is 6.18. The number of carbonyl (C=O) groups excluding carboxylic acids is 1. The lowest BCUT2D eigenvalue weighted by atomic mass is 10.2. The molecule has 6 heteroatoms. The summed E-state index contributed by atoms with van der Waals surface area (Å²) in [5.74, 6) is -0.331. The summed E-state index contributed by atoms with van der Waals surface area (Å²) in [7, 11) is 0. The number of unbranched alkanes of at least 4 members (excludes halogenated alkanes) is 1. The molecule has 0 saturated carbocycles. The highest BCUT2D eigenvalue weighted by Gasteiger charge is 2.11. The van der Waals surface area contributed by atoms with E-state index in [9.17, 15) is 14.9 Å². The fraction of sp³-hybridized carbons (Fsp3) is 0.357. The van der Waals surface area contributed by atoms with Gasteiger partial charge in [-0.15, -0.1) is 0 Å². The first-order chi connectivity index (χ1) is 9.61. The molecule has 0 aliphatic rings. The van der Waals surface area contributed by atoms with Gasteiger partial charge in [0, 0.05) is 23.7 Å². The van der Waals surface area contributed by atoms with Crippen molar-refractivity contribution in [1.82, 2.24) is 4.57 Å². The molecule has 1 heterocycles. The van der Waals surface area contributed by atoms with Gasteiger partial charge in [0.05, 0.1) is 17.0 Å². The van der Waals surface area contributed by atoms with Gasteiger partial charge in [-0.25, -0.2) is 0 Å². The smallest absolute Gasteiger partial charge is 0.325 e. The van der Waals surface area contributed by atoms with E-state index in [1.54, 1.807) is 16.8 Å². The minimum atomic E-state index is -0.448. The van der Waals surface area contributed by atoms with Gasteiger partial charge in [-0.3, -0.25) is 14.9 Å². The summed E-state index contributed by atoms with van der Waals surface area (Å²) < 4.78 is 6.75. The van der Waals surface area contributed by atoms with E-state index in [1.807, 2.05) is 13.0 Å². The van der Waals surface area contributed by atoms with Crippen molar-refractivity contribution in [1.29, 1.82) is 0 Å². The number of aromatic nitrogens is 1. The number of benzene rings is 1. The van der Waals surface area contributed by atoms with Crippen molar-refractivity contribution in [3.63, 3.8) is 0 Å². The normalized spacial score (nSPS) is 10.7.